The number of hydrogen-bond donors (Lipinski definition) is 6. The third-order valence-corrected chi connectivity index (χ3v) is 6.46. The molecule has 4 atom stereocenters. The molecule has 4 amide bonds. The van der Waals surface area contributed by atoms with E-state index in [1.54, 1.807) is 54.6 Å². The highest BCUT2D eigenvalue weighted by Gasteiger charge is 2.31. The minimum Gasteiger partial charge on any atom is -0.480 e. The molecule has 0 radical (unpaired) electrons. The summed E-state index contributed by atoms with van der Waals surface area (Å²) in [5.41, 5.74) is 12.8. The van der Waals surface area contributed by atoms with Crippen LogP contribution in [-0.2, 0) is 36.8 Å². The fourth-order valence-corrected chi connectivity index (χ4v) is 4.22. The second kappa shape index (κ2) is 16.1. The average Bonchev–Trinajstić information content (AvgIpc) is 2.90. The van der Waals surface area contributed by atoms with Crippen molar-refractivity contribution < 1.29 is 29.1 Å². The van der Waals surface area contributed by atoms with Gasteiger partial charge in [0.15, 0.2) is 0 Å². The molecule has 8 N–H and O–H groups in total. The second-order valence-corrected chi connectivity index (χ2v) is 9.95. The molecule has 0 unspecified atom stereocenters. The topological polar surface area (TPSA) is 194 Å². The van der Waals surface area contributed by atoms with Gasteiger partial charge in [0.05, 0.1) is 12.5 Å². The number of nitrogens with one attached hydrogen (secondary N) is 3. The maximum Gasteiger partial charge on any atom is 0.326 e. The van der Waals surface area contributed by atoms with Gasteiger partial charge in [0.1, 0.15) is 18.1 Å². The van der Waals surface area contributed by atoms with Crippen molar-refractivity contribution in [1.82, 2.24) is 16.0 Å². The highest BCUT2D eigenvalue weighted by molar-refractivity contribution is 7.98. The quantitative estimate of drug-likeness (QED) is 0.165. The van der Waals surface area contributed by atoms with Crippen LogP contribution in [0, 0.1) is 0 Å². The van der Waals surface area contributed by atoms with Crippen LogP contribution in [0.25, 0.3) is 0 Å². The van der Waals surface area contributed by atoms with E-state index in [2.05, 4.69) is 16.0 Å². The SMILES string of the molecule is CSCC[C@H](NC(=O)[C@H](CC(N)=O)NC(=O)[C@@H](N)Cc1ccccc1)C(=O)N[C@@H](Cc1ccccc1)C(=O)O. The summed E-state index contributed by atoms with van der Waals surface area (Å²) in [5, 5.41) is 17.1. The summed E-state index contributed by atoms with van der Waals surface area (Å²) in [7, 11) is 0. The Kier molecular flexibility index (Phi) is 13.0. The number of carboxylic acid groups (broad SMARTS) is 1. The predicted octanol–water partition coefficient (Wildman–Crippen LogP) is -0.0334. The zero-order valence-corrected chi connectivity index (χ0v) is 22.5. The lowest BCUT2D eigenvalue weighted by Crippen LogP contribution is -2.58. The van der Waals surface area contributed by atoms with Crippen LogP contribution in [0.4, 0.5) is 0 Å². The molecule has 39 heavy (non-hydrogen) atoms. The lowest BCUT2D eigenvalue weighted by Gasteiger charge is -2.25. The lowest BCUT2D eigenvalue weighted by molar-refractivity contribution is -0.142. The van der Waals surface area contributed by atoms with Gasteiger partial charge in [-0.05, 0) is 36.0 Å². The summed E-state index contributed by atoms with van der Waals surface area (Å²) < 4.78 is 0. The number of benzene rings is 2. The maximum atomic E-state index is 13.1. The van der Waals surface area contributed by atoms with Gasteiger partial charge in [-0.3, -0.25) is 19.2 Å². The van der Waals surface area contributed by atoms with E-state index in [0.29, 0.717) is 11.3 Å². The third-order valence-electron chi connectivity index (χ3n) is 5.81. The number of hydrogen-bond acceptors (Lipinski definition) is 7. The Bertz CT molecular complexity index is 1120. The molecule has 2 rings (SSSR count). The molecule has 0 saturated heterocycles. The van der Waals surface area contributed by atoms with E-state index in [0.717, 1.165) is 5.56 Å². The molecule has 2 aromatic carbocycles. The van der Waals surface area contributed by atoms with Crippen molar-refractivity contribution in [2.75, 3.05) is 12.0 Å². The van der Waals surface area contributed by atoms with Crippen LogP contribution in [-0.4, -0.2) is 70.9 Å². The number of carbonyl (C=O) groups is 5. The Morgan fingerprint density at radius 3 is 1.77 bits per heavy atom. The van der Waals surface area contributed by atoms with Gasteiger partial charge in [0.2, 0.25) is 23.6 Å². The van der Waals surface area contributed by atoms with Gasteiger partial charge in [-0.15, -0.1) is 0 Å². The minimum atomic E-state index is -1.37. The second-order valence-electron chi connectivity index (χ2n) is 8.96. The normalized spacial score (nSPS) is 13.8. The molecule has 12 heteroatoms. The molecule has 0 aliphatic rings. The van der Waals surface area contributed by atoms with Crippen molar-refractivity contribution in [3.63, 3.8) is 0 Å². The summed E-state index contributed by atoms with van der Waals surface area (Å²) >= 11 is 1.43. The van der Waals surface area contributed by atoms with E-state index in [1.807, 2.05) is 12.3 Å². The van der Waals surface area contributed by atoms with Crippen LogP contribution in [0.3, 0.4) is 0 Å². The molecular formula is C27H35N5O6S. The van der Waals surface area contributed by atoms with Crippen molar-refractivity contribution in [3.8, 4) is 0 Å². The smallest absolute Gasteiger partial charge is 0.326 e. The third kappa shape index (κ3) is 11.2. The number of thioether (sulfide) groups is 1. The molecule has 0 aromatic heterocycles. The Labute approximate surface area is 231 Å². The summed E-state index contributed by atoms with van der Waals surface area (Å²) in [4.78, 5) is 62.4. The first kappa shape index (κ1) is 31.3. The molecule has 2 aromatic rings. The number of primary amides is 1. The van der Waals surface area contributed by atoms with E-state index < -0.39 is 60.2 Å². The van der Waals surface area contributed by atoms with Gasteiger partial charge in [0.25, 0.3) is 0 Å². The Hall–Kier alpha value is -3.90. The first-order chi connectivity index (χ1) is 18.6. The number of rotatable bonds is 16. The number of nitrogens with two attached hydrogens (primary N) is 2. The number of amides is 4. The Morgan fingerprint density at radius 1 is 0.769 bits per heavy atom. The summed E-state index contributed by atoms with van der Waals surface area (Å²) in [6.07, 6.45) is 1.73. The van der Waals surface area contributed by atoms with Gasteiger partial charge < -0.3 is 32.5 Å². The molecular weight excluding hydrogens is 522 g/mol. The highest BCUT2D eigenvalue weighted by atomic mass is 32.2. The van der Waals surface area contributed by atoms with Crippen molar-refractivity contribution in [1.29, 1.82) is 0 Å². The minimum absolute atomic E-state index is 0.0464. The predicted molar refractivity (Wildman–Crippen MR) is 149 cm³/mol. The van der Waals surface area contributed by atoms with Gasteiger partial charge >= 0.3 is 5.97 Å². The summed E-state index contributed by atoms with van der Waals surface area (Å²) in [6.45, 7) is 0. The fraction of sp³-hybridized carbons (Fsp3) is 0.370. The first-order valence-electron chi connectivity index (χ1n) is 12.3. The van der Waals surface area contributed by atoms with Crippen LogP contribution in [0.2, 0.25) is 0 Å². The summed E-state index contributed by atoms with van der Waals surface area (Å²) in [6, 6.07) is 13.1. The molecule has 0 bridgehead atoms. The molecule has 0 aliphatic carbocycles. The van der Waals surface area contributed by atoms with Gasteiger partial charge in [-0.2, -0.15) is 11.8 Å². The zero-order valence-electron chi connectivity index (χ0n) is 21.7. The molecule has 0 spiro atoms. The van der Waals surface area contributed by atoms with Crippen LogP contribution in [0.5, 0.6) is 0 Å². The van der Waals surface area contributed by atoms with Crippen LogP contribution in [0.1, 0.15) is 24.0 Å². The molecule has 0 fully saturated rings. The fourth-order valence-electron chi connectivity index (χ4n) is 3.75. The maximum absolute atomic E-state index is 13.1. The van der Waals surface area contributed by atoms with Gasteiger partial charge in [-0.1, -0.05) is 60.7 Å². The van der Waals surface area contributed by atoms with Crippen molar-refractivity contribution >= 4 is 41.4 Å². The van der Waals surface area contributed by atoms with Crippen LogP contribution in [0.15, 0.2) is 60.7 Å². The summed E-state index contributed by atoms with van der Waals surface area (Å²) in [5.74, 6) is -3.78. The molecule has 210 valence electrons. The van der Waals surface area contributed by atoms with Crippen LogP contribution >= 0.6 is 11.8 Å². The highest BCUT2D eigenvalue weighted by Crippen LogP contribution is 2.08. The Morgan fingerprint density at radius 2 is 1.26 bits per heavy atom. The molecule has 0 heterocycles. The van der Waals surface area contributed by atoms with Gasteiger partial charge in [-0.25, -0.2) is 4.79 Å². The molecule has 0 saturated carbocycles. The lowest BCUT2D eigenvalue weighted by atomic mass is 10.0. The van der Waals surface area contributed by atoms with E-state index in [-0.39, 0.29) is 19.3 Å². The monoisotopic (exact) mass is 557 g/mol. The number of carbonyl (C=O) groups excluding carboxylic acids is 4. The first-order valence-corrected chi connectivity index (χ1v) is 13.7. The van der Waals surface area contributed by atoms with Gasteiger partial charge in [0, 0.05) is 6.42 Å². The zero-order chi connectivity index (χ0) is 28.8. The number of aliphatic carboxylic acids is 1. The van der Waals surface area contributed by atoms with E-state index in [1.165, 1.54) is 11.8 Å². The van der Waals surface area contributed by atoms with E-state index >= 15 is 0 Å². The number of carboxylic acids is 1. The van der Waals surface area contributed by atoms with Crippen LogP contribution < -0.4 is 27.4 Å². The average molecular weight is 558 g/mol. The standard InChI is InChI=1S/C27H35N5O6S/c1-39-13-12-20(25(35)32-22(27(37)38)15-18-10-6-3-7-11-18)30-26(36)21(16-23(29)33)31-24(34)19(28)14-17-8-4-2-5-9-17/h2-11,19-22H,12-16,28H2,1H3,(H2,29,33)(H,30,36)(H,31,34)(H,32,35)(H,37,38)/t19-,20-,21-,22-/m0/s1. The molecule has 11 nitrogen and oxygen atoms in total. The Balaban J connectivity index is 2.11. The largest absolute Gasteiger partial charge is 0.480 e. The van der Waals surface area contributed by atoms with Crippen molar-refractivity contribution in [2.45, 2.75) is 49.9 Å². The van der Waals surface area contributed by atoms with E-state index in [9.17, 15) is 29.1 Å². The van der Waals surface area contributed by atoms with Crippen molar-refractivity contribution in [3.05, 3.63) is 71.8 Å². The molecule has 0 aliphatic heterocycles. The van der Waals surface area contributed by atoms with E-state index in [4.69, 9.17) is 11.5 Å². The van der Waals surface area contributed by atoms with Crippen molar-refractivity contribution in [2.24, 2.45) is 11.5 Å².